The van der Waals surface area contributed by atoms with Crippen molar-refractivity contribution >= 4 is 22.4 Å². The number of anilines is 1. The van der Waals surface area contributed by atoms with E-state index in [1.54, 1.807) is 37.4 Å². The van der Waals surface area contributed by atoms with Crippen LogP contribution in [0.3, 0.4) is 0 Å². The number of benzene rings is 1. The standard InChI is InChI=1S/C18H14N4O2S/c1-12(24-16-8-3-2-6-13(16)10-19)17(23)22-18-21-15(11-25-18)14-7-4-5-9-20-14/h2-9,11-12H,1H3,(H,21,22,23). The summed E-state index contributed by atoms with van der Waals surface area (Å²) in [6.07, 6.45) is 0.923. The van der Waals surface area contributed by atoms with Gasteiger partial charge in [0.15, 0.2) is 11.2 Å². The molecule has 3 aromatic rings. The lowest BCUT2D eigenvalue weighted by atomic mass is 10.2. The van der Waals surface area contributed by atoms with E-state index in [1.807, 2.05) is 29.6 Å². The number of amides is 1. The van der Waals surface area contributed by atoms with E-state index in [9.17, 15) is 4.79 Å². The van der Waals surface area contributed by atoms with Gasteiger partial charge in [0.1, 0.15) is 17.5 Å². The summed E-state index contributed by atoms with van der Waals surface area (Å²) in [6, 6.07) is 14.4. The molecule has 1 atom stereocenters. The number of nitrogens with zero attached hydrogens (tertiary/aromatic N) is 3. The monoisotopic (exact) mass is 350 g/mol. The van der Waals surface area contributed by atoms with E-state index >= 15 is 0 Å². The fourth-order valence-corrected chi connectivity index (χ4v) is 2.78. The van der Waals surface area contributed by atoms with Crippen molar-refractivity contribution < 1.29 is 9.53 Å². The van der Waals surface area contributed by atoms with Gasteiger partial charge in [-0.3, -0.25) is 15.1 Å². The topological polar surface area (TPSA) is 87.9 Å². The maximum Gasteiger partial charge on any atom is 0.266 e. The molecule has 1 amide bonds. The number of pyridine rings is 1. The third-order valence-electron chi connectivity index (χ3n) is 3.34. The molecule has 124 valence electrons. The van der Waals surface area contributed by atoms with Gasteiger partial charge in [-0.05, 0) is 31.2 Å². The molecule has 2 heterocycles. The summed E-state index contributed by atoms with van der Waals surface area (Å²) < 4.78 is 5.59. The molecule has 0 aliphatic rings. The van der Waals surface area contributed by atoms with Crippen LogP contribution < -0.4 is 10.1 Å². The van der Waals surface area contributed by atoms with Crippen LogP contribution in [0.2, 0.25) is 0 Å². The Balaban J connectivity index is 1.66. The predicted molar refractivity (Wildman–Crippen MR) is 95.2 cm³/mol. The number of para-hydroxylation sites is 1. The molecule has 0 fully saturated rings. The Bertz CT molecular complexity index is 918. The molecule has 6 nitrogen and oxygen atoms in total. The van der Waals surface area contributed by atoms with Crippen LogP contribution in [0.4, 0.5) is 5.13 Å². The maximum absolute atomic E-state index is 12.3. The quantitative estimate of drug-likeness (QED) is 0.761. The van der Waals surface area contributed by atoms with Crippen molar-refractivity contribution in [2.24, 2.45) is 0 Å². The van der Waals surface area contributed by atoms with Gasteiger partial charge in [0.2, 0.25) is 0 Å². The van der Waals surface area contributed by atoms with Gasteiger partial charge in [-0.15, -0.1) is 11.3 Å². The molecule has 25 heavy (non-hydrogen) atoms. The molecule has 1 aromatic carbocycles. The van der Waals surface area contributed by atoms with Gasteiger partial charge in [-0.1, -0.05) is 18.2 Å². The summed E-state index contributed by atoms with van der Waals surface area (Å²) in [7, 11) is 0. The van der Waals surface area contributed by atoms with Crippen LogP contribution in [0.15, 0.2) is 54.0 Å². The Labute approximate surface area is 148 Å². The Kier molecular flexibility index (Phi) is 5.02. The van der Waals surface area contributed by atoms with E-state index in [1.165, 1.54) is 11.3 Å². The van der Waals surface area contributed by atoms with Crippen molar-refractivity contribution in [2.75, 3.05) is 5.32 Å². The van der Waals surface area contributed by atoms with Crippen molar-refractivity contribution in [3.05, 3.63) is 59.6 Å². The fraction of sp³-hybridized carbons (Fsp3) is 0.111. The van der Waals surface area contributed by atoms with Crippen LogP contribution in [0.25, 0.3) is 11.4 Å². The molecule has 0 saturated heterocycles. The number of carbonyl (C=O) groups is 1. The average molecular weight is 350 g/mol. The van der Waals surface area contributed by atoms with Gasteiger partial charge < -0.3 is 4.74 Å². The molecule has 0 spiro atoms. The van der Waals surface area contributed by atoms with E-state index < -0.39 is 6.10 Å². The first-order valence-electron chi connectivity index (χ1n) is 7.51. The Morgan fingerprint density at radius 1 is 1.24 bits per heavy atom. The molecule has 0 aliphatic heterocycles. The zero-order chi connectivity index (χ0) is 17.6. The summed E-state index contributed by atoms with van der Waals surface area (Å²) in [5.41, 5.74) is 1.82. The number of rotatable bonds is 5. The van der Waals surface area contributed by atoms with E-state index in [0.29, 0.717) is 22.1 Å². The average Bonchev–Trinajstić information content (AvgIpc) is 3.11. The van der Waals surface area contributed by atoms with E-state index in [0.717, 1.165) is 5.69 Å². The van der Waals surface area contributed by atoms with E-state index in [4.69, 9.17) is 10.00 Å². The first-order valence-corrected chi connectivity index (χ1v) is 8.39. The molecule has 0 bridgehead atoms. The Hall–Kier alpha value is -3.24. The van der Waals surface area contributed by atoms with Crippen LogP contribution in [-0.2, 0) is 4.79 Å². The van der Waals surface area contributed by atoms with Gasteiger partial charge >= 0.3 is 0 Å². The lowest BCUT2D eigenvalue weighted by Gasteiger charge is -2.14. The van der Waals surface area contributed by atoms with Crippen molar-refractivity contribution in [2.45, 2.75) is 13.0 Å². The molecule has 3 rings (SSSR count). The summed E-state index contributed by atoms with van der Waals surface area (Å²) in [5, 5.41) is 14.1. The van der Waals surface area contributed by atoms with Crippen molar-refractivity contribution in [1.29, 1.82) is 5.26 Å². The summed E-state index contributed by atoms with van der Waals surface area (Å²) in [4.78, 5) is 20.9. The van der Waals surface area contributed by atoms with Crippen LogP contribution in [0.5, 0.6) is 5.75 Å². The van der Waals surface area contributed by atoms with Gasteiger partial charge in [-0.2, -0.15) is 5.26 Å². The first kappa shape index (κ1) is 16.6. The van der Waals surface area contributed by atoms with Crippen molar-refractivity contribution in [3.8, 4) is 23.2 Å². The number of nitriles is 1. The lowest BCUT2D eigenvalue weighted by Crippen LogP contribution is -2.30. The van der Waals surface area contributed by atoms with Crippen LogP contribution >= 0.6 is 11.3 Å². The molecule has 0 radical (unpaired) electrons. The minimum atomic E-state index is -0.767. The highest BCUT2D eigenvalue weighted by Gasteiger charge is 2.18. The van der Waals surface area contributed by atoms with Gasteiger partial charge in [-0.25, -0.2) is 4.98 Å². The molecule has 1 unspecified atom stereocenters. The predicted octanol–water partition coefficient (Wildman–Crippen LogP) is 3.48. The Morgan fingerprint density at radius 3 is 2.80 bits per heavy atom. The van der Waals surface area contributed by atoms with Crippen molar-refractivity contribution in [1.82, 2.24) is 9.97 Å². The molecule has 1 N–H and O–H groups in total. The normalized spacial score (nSPS) is 11.4. The van der Waals surface area contributed by atoms with Gasteiger partial charge in [0.05, 0.1) is 11.3 Å². The second kappa shape index (κ2) is 7.55. The highest BCUT2D eigenvalue weighted by Crippen LogP contribution is 2.24. The van der Waals surface area contributed by atoms with Crippen molar-refractivity contribution in [3.63, 3.8) is 0 Å². The SMILES string of the molecule is CC(Oc1ccccc1C#N)C(=O)Nc1nc(-c2ccccn2)cs1. The molecule has 2 aromatic heterocycles. The molecule has 0 saturated carbocycles. The van der Waals surface area contributed by atoms with E-state index in [2.05, 4.69) is 15.3 Å². The summed E-state index contributed by atoms with van der Waals surface area (Å²) in [5.74, 6) is 0.0376. The highest BCUT2D eigenvalue weighted by molar-refractivity contribution is 7.14. The number of aromatic nitrogens is 2. The minimum Gasteiger partial charge on any atom is -0.480 e. The van der Waals surface area contributed by atoms with Gasteiger partial charge in [0.25, 0.3) is 5.91 Å². The fourth-order valence-electron chi connectivity index (χ4n) is 2.08. The smallest absolute Gasteiger partial charge is 0.266 e. The number of hydrogen-bond acceptors (Lipinski definition) is 6. The molecular weight excluding hydrogens is 336 g/mol. The Morgan fingerprint density at radius 2 is 2.04 bits per heavy atom. The zero-order valence-corrected chi connectivity index (χ0v) is 14.2. The van der Waals surface area contributed by atoms with Crippen LogP contribution in [-0.4, -0.2) is 22.0 Å². The largest absolute Gasteiger partial charge is 0.480 e. The number of carbonyl (C=O) groups excluding carboxylic acids is 1. The summed E-state index contributed by atoms with van der Waals surface area (Å²) >= 11 is 1.31. The zero-order valence-electron chi connectivity index (χ0n) is 13.3. The van der Waals surface area contributed by atoms with Gasteiger partial charge in [0, 0.05) is 11.6 Å². The van der Waals surface area contributed by atoms with E-state index in [-0.39, 0.29) is 5.91 Å². The number of ether oxygens (including phenoxy) is 1. The third-order valence-corrected chi connectivity index (χ3v) is 4.10. The molecular formula is C18H14N4O2S. The second-order valence-electron chi connectivity index (χ2n) is 5.11. The van der Waals surface area contributed by atoms with Crippen LogP contribution in [0, 0.1) is 11.3 Å². The van der Waals surface area contributed by atoms with Crippen LogP contribution in [0.1, 0.15) is 12.5 Å². The maximum atomic E-state index is 12.3. The lowest BCUT2D eigenvalue weighted by molar-refractivity contribution is -0.122. The third kappa shape index (κ3) is 4.00. The number of nitrogens with one attached hydrogen (secondary N) is 1. The highest BCUT2D eigenvalue weighted by atomic mass is 32.1. The number of hydrogen-bond donors (Lipinski definition) is 1. The molecule has 7 heteroatoms. The second-order valence-corrected chi connectivity index (χ2v) is 5.97. The number of thiazole rings is 1. The molecule has 0 aliphatic carbocycles. The first-order chi connectivity index (χ1) is 12.2. The summed E-state index contributed by atoms with van der Waals surface area (Å²) in [6.45, 7) is 1.62. The minimum absolute atomic E-state index is 0.338.